The van der Waals surface area contributed by atoms with Crippen LogP contribution >= 0.6 is 0 Å². The fourth-order valence-electron chi connectivity index (χ4n) is 3.05. The SMILES string of the molecule is CN(Cc1cnn(C)c1)C(=O)C(Cc1ccccc1)NC(=O)c1ccccc1. The fraction of sp³-hybridized carbons (Fsp3) is 0.227. The van der Waals surface area contributed by atoms with Crippen LogP contribution in [0, 0.1) is 0 Å². The highest BCUT2D eigenvalue weighted by molar-refractivity contribution is 5.97. The van der Waals surface area contributed by atoms with Crippen LogP contribution in [-0.4, -0.2) is 39.6 Å². The van der Waals surface area contributed by atoms with Gasteiger partial charge in [-0.1, -0.05) is 48.5 Å². The van der Waals surface area contributed by atoms with E-state index in [1.54, 1.807) is 47.1 Å². The summed E-state index contributed by atoms with van der Waals surface area (Å²) in [5.74, 6) is -0.401. The molecule has 0 spiro atoms. The molecule has 0 bridgehead atoms. The van der Waals surface area contributed by atoms with Gasteiger partial charge in [-0.2, -0.15) is 5.10 Å². The normalized spacial score (nSPS) is 11.6. The maximum absolute atomic E-state index is 13.1. The minimum Gasteiger partial charge on any atom is -0.340 e. The second-order valence-electron chi connectivity index (χ2n) is 6.80. The van der Waals surface area contributed by atoms with Gasteiger partial charge in [0.2, 0.25) is 5.91 Å². The Morgan fingerprint density at radius 2 is 1.68 bits per heavy atom. The van der Waals surface area contributed by atoms with Crippen molar-refractivity contribution in [3.8, 4) is 0 Å². The second-order valence-corrected chi connectivity index (χ2v) is 6.80. The third-order valence-corrected chi connectivity index (χ3v) is 4.48. The molecule has 1 N–H and O–H groups in total. The van der Waals surface area contributed by atoms with Gasteiger partial charge in [-0.3, -0.25) is 14.3 Å². The maximum atomic E-state index is 13.1. The van der Waals surface area contributed by atoms with Crippen LogP contribution in [0.25, 0.3) is 0 Å². The molecule has 0 aliphatic rings. The number of carbonyl (C=O) groups is 2. The second kappa shape index (κ2) is 8.99. The van der Waals surface area contributed by atoms with Crippen molar-refractivity contribution in [2.75, 3.05) is 7.05 Å². The number of hydrogen-bond donors (Lipinski definition) is 1. The number of nitrogens with zero attached hydrogens (tertiary/aromatic N) is 3. The van der Waals surface area contributed by atoms with Crippen molar-refractivity contribution in [2.45, 2.75) is 19.0 Å². The molecule has 144 valence electrons. The summed E-state index contributed by atoms with van der Waals surface area (Å²) < 4.78 is 1.70. The molecule has 1 aromatic heterocycles. The van der Waals surface area contributed by atoms with E-state index in [9.17, 15) is 9.59 Å². The molecule has 1 heterocycles. The van der Waals surface area contributed by atoms with Crippen LogP contribution in [0.5, 0.6) is 0 Å². The summed E-state index contributed by atoms with van der Waals surface area (Å²) in [5, 5.41) is 7.04. The molecule has 6 heteroatoms. The van der Waals surface area contributed by atoms with Gasteiger partial charge in [0.15, 0.2) is 0 Å². The molecule has 3 aromatic rings. The minimum absolute atomic E-state index is 0.142. The molecule has 1 unspecified atom stereocenters. The van der Waals surface area contributed by atoms with E-state index in [0.29, 0.717) is 18.5 Å². The van der Waals surface area contributed by atoms with Gasteiger partial charge in [0.1, 0.15) is 6.04 Å². The Morgan fingerprint density at radius 3 is 2.29 bits per heavy atom. The van der Waals surface area contributed by atoms with Crippen molar-refractivity contribution in [3.05, 3.63) is 89.7 Å². The molecule has 1 atom stereocenters. The molecule has 2 amide bonds. The van der Waals surface area contributed by atoms with Crippen LogP contribution in [0.15, 0.2) is 73.1 Å². The van der Waals surface area contributed by atoms with E-state index in [-0.39, 0.29) is 11.8 Å². The Labute approximate surface area is 164 Å². The highest BCUT2D eigenvalue weighted by atomic mass is 16.2. The summed E-state index contributed by atoms with van der Waals surface area (Å²) in [6.45, 7) is 0.430. The molecule has 0 saturated carbocycles. The van der Waals surface area contributed by atoms with E-state index in [1.807, 2.05) is 49.6 Å². The predicted molar refractivity (Wildman–Crippen MR) is 108 cm³/mol. The first-order valence-electron chi connectivity index (χ1n) is 9.15. The van der Waals surface area contributed by atoms with Gasteiger partial charge >= 0.3 is 0 Å². The lowest BCUT2D eigenvalue weighted by Crippen LogP contribution is -2.48. The lowest BCUT2D eigenvalue weighted by atomic mass is 10.0. The zero-order valence-corrected chi connectivity index (χ0v) is 16.1. The zero-order chi connectivity index (χ0) is 19.9. The van der Waals surface area contributed by atoms with E-state index >= 15 is 0 Å². The number of nitrogens with one attached hydrogen (secondary N) is 1. The quantitative estimate of drug-likeness (QED) is 0.689. The van der Waals surface area contributed by atoms with Crippen molar-refractivity contribution in [2.24, 2.45) is 7.05 Å². The molecule has 28 heavy (non-hydrogen) atoms. The fourth-order valence-corrected chi connectivity index (χ4v) is 3.05. The highest BCUT2D eigenvalue weighted by Crippen LogP contribution is 2.10. The molecule has 6 nitrogen and oxygen atoms in total. The smallest absolute Gasteiger partial charge is 0.251 e. The van der Waals surface area contributed by atoms with Crippen molar-refractivity contribution < 1.29 is 9.59 Å². The lowest BCUT2D eigenvalue weighted by molar-refractivity contribution is -0.132. The first-order chi connectivity index (χ1) is 13.5. The van der Waals surface area contributed by atoms with Gasteiger partial charge in [0.05, 0.1) is 6.20 Å². The Kier molecular flexibility index (Phi) is 6.22. The van der Waals surface area contributed by atoms with Gasteiger partial charge in [-0.25, -0.2) is 0 Å². The zero-order valence-electron chi connectivity index (χ0n) is 16.1. The average Bonchev–Trinajstić information content (AvgIpc) is 3.12. The van der Waals surface area contributed by atoms with E-state index in [4.69, 9.17) is 0 Å². The van der Waals surface area contributed by atoms with Crippen molar-refractivity contribution in [1.29, 1.82) is 0 Å². The summed E-state index contributed by atoms with van der Waals surface area (Å²) in [6.07, 6.45) is 4.03. The molecule has 0 fully saturated rings. The first-order valence-corrected chi connectivity index (χ1v) is 9.15. The van der Waals surface area contributed by atoms with Crippen LogP contribution in [-0.2, 0) is 24.8 Å². The van der Waals surface area contributed by atoms with Crippen LogP contribution in [0.1, 0.15) is 21.5 Å². The van der Waals surface area contributed by atoms with Crippen molar-refractivity contribution >= 4 is 11.8 Å². The van der Waals surface area contributed by atoms with Crippen molar-refractivity contribution in [1.82, 2.24) is 20.0 Å². The van der Waals surface area contributed by atoms with Gasteiger partial charge in [-0.05, 0) is 17.7 Å². The summed E-state index contributed by atoms with van der Waals surface area (Å²) in [7, 11) is 3.58. The number of benzene rings is 2. The maximum Gasteiger partial charge on any atom is 0.251 e. The highest BCUT2D eigenvalue weighted by Gasteiger charge is 2.25. The molecule has 3 rings (SSSR count). The topological polar surface area (TPSA) is 67.2 Å². The summed E-state index contributed by atoms with van der Waals surface area (Å²) >= 11 is 0. The van der Waals surface area contributed by atoms with E-state index < -0.39 is 6.04 Å². The monoisotopic (exact) mass is 376 g/mol. The van der Waals surface area contributed by atoms with Gasteiger partial charge in [-0.15, -0.1) is 0 Å². The number of hydrogen-bond acceptors (Lipinski definition) is 3. The van der Waals surface area contributed by atoms with Gasteiger partial charge in [0.25, 0.3) is 5.91 Å². The first kappa shape index (κ1) is 19.4. The predicted octanol–water partition coefficient (Wildman–Crippen LogP) is 2.42. The Morgan fingerprint density at radius 1 is 1.04 bits per heavy atom. The van der Waals surface area contributed by atoms with E-state index in [1.165, 1.54) is 0 Å². The summed E-state index contributed by atoms with van der Waals surface area (Å²) in [6, 6.07) is 18.0. The average molecular weight is 376 g/mol. The number of amides is 2. The molecule has 2 aromatic carbocycles. The molecular formula is C22H24N4O2. The molecular weight excluding hydrogens is 352 g/mol. The van der Waals surface area contributed by atoms with Crippen LogP contribution < -0.4 is 5.32 Å². The van der Waals surface area contributed by atoms with E-state index in [2.05, 4.69) is 10.4 Å². The largest absolute Gasteiger partial charge is 0.340 e. The lowest BCUT2D eigenvalue weighted by Gasteiger charge is -2.24. The van der Waals surface area contributed by atoms with Gasteiger partial charge < -0.3 is 10.2 Å². The Balaban J connectivity index is 1.76. The number of rotatable bonds is 7. The third-order valence-electron chi connectivity index (χ3n) is 4.48. The number of aryl methyl sites for hydroxylation is 1. The Bertz CT molecular complexity index is 922. The standard InChI is InChI=1S/C22H24N4O2/c1-25(15-18-14-23-26(2)16-18)22(28)20(13-17-9-5-3-6-10-17)24-21(27)19-11-7-4-8-12-19/h3-12,14,16,20H,13,15H2,1-2H3,(H,24,27). The summed E-state index contributed by atoms with van der Waals surface area (Å²) in [4.78, 5) is 27.4. The van der Waals surface area contributed by atoms with E-state index in [0.717, 1.165) is 11.1 Å². The van der Waals surface area contributed by atoms with Crippen LogP contribution in [0.2, 0.25) is 0 Å². The van der Waals surface area contributed by atoms with Crippen molar-refractivity contribution in [3.63, 3.8) is 0 Å². The third kappa shape index (κ3) is 5.07. The molecule has 0 saturated heterocycles. The molecule has 0 radical (unpaired) electrons. The summed E-state index contributed by atoms with van der Waals surface area (Å²) in [5.41, 5.74) is 2.46. The van der Waals surface area contributed by atoms with Gasteiger partial charge in [0, 0.05) is 44.4 Å². The minimum atomic E-state index is -0.656. The van der Waals surface area contributed by atoms with Crippen LogP contribution in [0.4, 0.5) is 0 Å². The number of likely N-dealkylation sites (N-methyl/N-ethyl adjacent to an activating group) is 1. The number of carbonyl (C=O) groups excluding carboxylic acids is 2. The number of aromatic nitrogens is 2. The molecule has 0 aliphatic carbocycles. The molecule has 0 aliphatic heterocycles. The van der Waals surface area contributed by atoms with Crippen LogP contribution in [0.3, 0.4) is 0 Å². The Hall–Kier alpha value is -3.41.